The molecule has 0 bridgehead atoms. The Kier molecular flexibility index (Phi) is 6.70. The average molecular weight is 177 g/mol. The third-order valence-corrected chi connectivity index (χ3v) is 1.62. The van der Waals surface area contributed by atoms with Crippen molar-refractivity contribution >= 4 is 0 Å². The van der Waals surface area contributed by atoms with E-state index in [-0.39, 0.29) is 0 Å². The van der Waals surface area contributed by atoms with Crippen molar-refractivity contribution in [2.45, 2.75) is 26.7 Å². The third kappa shape index (κ3) is 5.97. The standard InChI is InChI=1S/C10H14.C2H5N/c1-3-5-10-7-4-6-9(2)8-10;1-2-3/h4,6-8H,3,5H2,1-2H3;2H,1,3H2. The van der Waals surface area contributed by atoms with E-state index in [0.717, 1.165) is 0 Å². The van der Waals surface area contributed by atoms with E-state index in [0.29, 0.717) is 0 Å². The lowest BCUT2D eigenvalue weighted by Gasteiger charge is -1.97. The Labute approximate surface area is 81.3 Å². The van der Waals surface area contributed by atoms with E-state index >= 15 is 0 Å². The topological polar surface area (TPSA) is 26.0 Å². The summed E-state index contributed by atoms with van der Waals surface area (Å²) in [7, 11) is 0. The zero-order valence-electron chi connectivity index (χ0n) is 8.59. The van der Waals surface area contributed by atoms with Crippen molar-refractivity contribution in [2.75, 3.05) is 0 Å². The second kappa shape index (κ2) is 7.41. The van der Waals surface area contributed by atoms with Gasteiger partial charge < -0.3 is 5.73 Å². The lowest BCUT2D eigenvalue weighted by molar-refractivity contribution is 0.920. The van der Waals surface area contributed by atoms with Crippen LogP contribution in [0.15, 0.2) is 37.0 Å². The highest BCUT2D eigenvalue weighted by Gasteiger charge is 1.88. The highest BCUT2D eigenvalue weighted by molar-refractivity contribution is 5.21. The summed E-state index contributed by atoms with van der Waals surface area (Å²) in [6.07, 6.45) is 3.70. The van der Waals surface area contributed by atoms with Crippen LogP contribution in [0.3, 0.4) is 0 Å². The fourth-order valence-electron chi connectivity index (χ4n) is 1.16. The van der Waals surface area contributed by atoms with Crippen molar-refractivity contribution in [2.24, 2.45) is 5.73 Å². The fourth-order valence-corrected chi connectivity index (χ4v) is 1.16. The van der Waals surface area contributed by atoms with Crippen LogP contribution in [0.5, 0.6) is 0 Å². The van der Waals surface area contributed by atoms with E-state index < -0.39 is 0 Å². The monoisotopic (exact) mass is 177 g/mol. The van der Waals surface area contributed by atoms with Crippen LogP contribution in [-0.4, -0.2) is 0 Å². The molecule has 1 rings (SSSR count). The molecular weight excluding hydrogens is 158 g/mol. The maximum atomic E-state index is 4.61. The summed E-state index contributed by atoms with van der Waals surface area (Å²) < 4.78 is 0. The van der Waals surface area contributed by atoms with E-state index in [2.05, 4.69) is 50.4 Å². The van der Waals surface area contributed by atoms with E-state index in [4.69, 9.17) is 0 Å². The maximum absolute atomic E-state index is 4.61. The van der Waals surface area contributed by atoms with Gasteiger partial charge in [0.15, 0.2) is 0 Å². The van der Waals surface area contributed by atoms with Gasteiger partial charge in [0.2, 0.25) is 0 Å². The molecule has 0 saturated heterocycles. The van der Waals surface area contributed by atoms with Gasteiger partial charge in [-0.15, -0.1) is 0 Å². The quantitative estimate of drug-likeness (QED) is 0.738. The summed E-state index contributed by atoms with van der Waals surface area (Å²) in [5.41, 5.74) is 7.44. The number of benzene rings is 1. The van der Waals surface area contributed by atoms with Crippen LogP contribution in [0, 0.1) is 6.92 Å². The van der Waals surface area contributed by atoms with Crippen LogP contribution in [0.1, 0.15) is 24.5 Å². The number of hydrogen-bond acceptors (Lipinski definition) is 1. The minimum Gasteiger partial charge on any atom is -0.405 e. The predicted octanol–water partition coefficient (Wildman–Crippen LogP) is 3.04. The van der Waals surface area contributed by atoms with E-state index in [1.165, 1.54) is 30.2 Å². The Bertz CT molecular complexity index is 241. The Hall–Kier alpha value is -1.24. The van der Waals surface area contributed by atoms with Gasteiger partial charge in [0, 0.05) is 0 Å². The summed E-state index contributed by atoms with van der Waals surface area (Å²) in [5, 5.41) is 0. The van der Waals surface area contributed by atoms with Crippen LogP contribution >= 0.6 is 0 Å². The molecule has 0 amide bonds. The van der Waals surface area contributed by atoms with Crippen LogP contribution in [0.25, 0.3) is 0 Å². The average Bonchev–Trinajstić information content (AvgIpc) is 2.06. The van der Waals surface area contributed by atoms with Gasteiger partial charge in [0.05, 0.1) is 0 Å². The van der Waals surface area contributed by atoms with Crippen LogP contribution in [0.4, 0.5) is 0 Å². The van der Waals surface area contributed by atoms with Gasteiger partial charge in [-0.05, 0) is 25.1 Å². The van der Waals surface area contributed by atoms with E-state index in [1.807, 2.05) is 0 Å². The first kappa shape index (κ1) is 11.8. The Balaban J connectivity index is 0.000000424. The minimum absolute atomic E-state index is 1.21. The van der Waals surface area contributed by atoms with Gasteiger partial charge in [0.1, 0.15) is 0 Å². The molecule has 72 valence electrons. The van der Waals surface area contributed by atoms with Gasteiger partial charge in [-0.1, -0.05) is 49.8 Å². The number of rotatable bonds is 2. The molecule has 0 aromatic heterocycles. The molecular formula is C12H19N. The van der Waals surface area contributed by atoms with Crippen LogP contribution < -0.4 is 5.73 Å². The van der Waals surface area contributed by atoms with Gasteiger partial charge in [0.25, 0.3) is 0 Å². The molecule has 0 saturated carbocycles. The molecule has 0 fully saturated rings. The SMILES string of the molecule is C=CN.CCCc1cccc(C)c1. The Morgan fingerprint density at radius 1 is 1.46 bits per heavy atom. The van der Waals surface area contributed by atoms with Crippen molar-refractivity contribution < 1.29 is 0 Å². The summed E-state index contributed by atoms with van der Waals surface area (Å²) in [4.78, 5) is 0. The zero-order chi connectivity index (χ0) is 10.1. The molecule has 0 atom stereocenters. The van der Waals surface area contributed by atoms with Crippen molar-refractivity contribution in [3.8, 4) is 0 Å². The summed E-state index contributed by atoms with van der Waals surface area (Å²) in [6, 6.07) is 8.71. The van der Waals surface area contributed by atoms with E-state index in [1.54, 1.807) is 0 Å². The first-order valence-electron chi connectivity index (χ1n) is 4.62. The number of nitrogens with two attached hydrogens (primary N) is 1. The predicted molar refractivity (Wildman–Crippen MR) is 59.6 cm³/mol. The van der Waals surface area contributed by atoms with Gasteiger partial charge in [-0.3, -0.25) is 0 Å². The molecule has 2 N–H and O–H groups in total. The molecule has 0 radical (unpaired) electrons. The smallest absolute Gasteiger partial charge is 0.0136 e. The number of aryl methyl sites for hydroxylation is 2. The van der Waals surface area contributed by atoms with Gasteiger partial charge in [-0.25, -0.2) is 0 Å². The minimum atomic E-state index is 1.21. The van der Waals surface area contributed by atoms with Gasteiger partial charge in [-0.2, -0.15) is 0 Å². The molecule has 1 heteroatoms. The molecule has 0 aliphatic rings. The van der Waals surface area contributed by atoms with Crippen LogP contribution in [0.2, 0.25) is 0 Å². The van der Waals surface area contributed by atoms with Crippen molar-refractivity contribution in [1.82, 2.24) is 0 Å². The first-order valence-corrected chi connectivity index (χ1v) is 4.62. The largest absolute Gasteiger partial charge is 0.405 e. The number of hydrogen-bond donors (Lipinski definition) is 1. The highest BCUT2D eigenvalue weighted by Crippen LogP contribution is 2.05. The third-order valence-electron chi connectivity index (χ3n) is 1.62. The fraction of sp³-hybridized carbons (Fsp3) is 0.333. The summed E-state index contributed by atoms with van der Waals surface area (Å²) in [5.74, 6) is 0. The van der Waals surface area contributed by atoms with E-state index in [9.17, 15) is 0 Å². The molecule has 1 nitrogen and oxygen atoms in total. The molecule has 1 aromatic rings. The first-order chi connectivity index (χ1) is 6.24. The summed E-state index contributed by atoms with van der Waals surface area (Å²) >= 11 is 0. The Morgan fingerprint density at radius 3 is 2.54 bits per heavy atom. The molecule has 0 aliphatic heterocycles. The molecule has 0 heterocycles. The van der Waals surface area contributed by atoms with Crippen molar-refractivity contribution in [1.29, 1.82) is 0 Å². The molecule has 0 unspecified atom stereocenters. The second-order valence-corrected chi connectivity index (χ2v) is 2.97. The lowest BCUT2D eigenvalue weighted by Crippen LogP contribution is -1.82. The molecule has 0 spiro atoms. The Morgan fingerprint density at radius 2 is 2.08 bits per heavy atom. The lowest BCUT2D eigenvalue weighted by atomic mass is 10.1. The van der Waals surface area contributed by atoms with Crippen molar-refractivity contribution in [3.05, 3.63) is 48.2 Å². The summed E-state index contributed by atoms with van der Waals surface area (Å²) in [6.45, 7) is 7.49. The molecule has 13 heavy (non-hydrogen) atoms. The van der Waals surface area contributed by atoms with Crippen molar-refractivity contribution in [3.63, 3.8) is 0 Å². The molecule has 1 aromatic carbocycles. The second-order valence-electron chi connectivity index (χ2n) is 2.97. The highest BCUT2D eigenvalue weighted by atomic mass is 14.5. The molecule has 0 aliphatic carbocycles. The van der Waals surface area contributed by atoms with Crippen LogP contribution in [-0.2, 0) is 6.42 Å². The maximum Gasteiger partial charge on any atom is -0.0136 e. The van der Waals surface area contributed by atoms with Gasteiger partial charge >= 0.3 is 0 Å². The normalized spacial score (nSPS) is 8.46. The zero-order valence-corrected chi connectivity index (χ0v) is 8.59.